The fourth-order valence-electron chi connectivity index (χ4n) is 4.70. The van der Waals surface area contributed by atoms with E-state index in [-0.39, 0.29) is 29.4 Å². The quantitative estimate of drug-likeness (QED) is 0.407. The fourth-order valence-corrected chi connectivity index (χ4v) is 4.70. The molecule has 2 fully saturated rings. The molecular weight excluding hydrogens is 433 g/mol. The number of hydrogen-bond acceptors (Lipinski definition) is 7. The third-order valence-electron chi connectivity index (χ3n) is 6.74. The Morgan fingerprint density at radius 1 is 1.09 bits per heavy atom. The predicted molar refractivity (Wildman–Crippen MR) is 123 cm³/mol. The first-order valence-electron chi connectivity index (χ1n) is 11.4. The van der Waals surface area contributed by atoms with Crippen LogP contribution in [0.15, 0.2) is 52.9 Å². The lowest BCUT2D eigenvalue weighted by atomic mass is 9.92. The zero-order valence-electron chi connectivity index (χ0n) is 18.3. The Hall–Kier alpha value is -3.83. The lowest BCUT2D eigenvalue weighted by Gasteiger charge is -2.23. The number of rotatable bonds is 7. The molecule has 2 saturated carbocycles. The summed E-state index contributed by atoms with van der Waals surface area (Å²) in [6.45, 7) is 0.399. The first-order chi connectivity index (χ1) is 16.5. The molecule has 0 bridgehead atoms. The van der Waals surface area contributed by atoms with Crippen LogP contribution in [0.2, 0.25) is 0 Å². The first kappa shape index (κ1) is 20.8. The Labute approximate surface area is 195 Å². The number of nitrogens with zero attached hydrogens (tertiary/aromatic N) is 4. The summed E-state index contributed by atoms with van der Waals surface area (Å²) in [6.07, 6.45) is 3.96. The van der Waals surface area contributed by atoms with Gasteiger partial charge in [0.25, 0.3) is 5.89 Å². The van der Waals surface area contributed by atoms with Crippen LogP contribution in [0.4, 0.5) is 10.4 Å². The normalized spacial score (nSPS) is 15.9. The van der Waals surface area contributed by atoms with Crippen molar-refractivity contribution in [3.63, 3.8) is 0 Å². The van der Waals surface area contributed by atoms with Gasteiger partial charge in [-0.3, -0.25) is 0 Å². The zero-order chi connectivity index (χ0) is 23.3. The van der Waals surface area contributed by atoms with Crippen molar-refractivity contribution in [2.24, 2.45) is 11.8 Å². The standard InChI is InChI=1S/C26H22FN5O2/c27-19-3-1-2-16(11-19)22-12-20(13-28)30-23-10-15(4-9-21(22)23)14-29-25-32-31-24(34-25)26(33,17-5-6-17)18-7-8-18/h1-4,9-12,17-18,33H,5-8,14H2,(H,29,32). The molecule has 0 aliphatic heterocycles. The molecular formula is C26H22FN5O2. The van der Waals surface area contributed by atoms with Gasteiger partial charge in [-0.1, -0.05) is 29.4 Å². The Morgan fingerprint density at radius 3 is 2.59 bits per heavy atom. The molecule has 2 heterocycles. The van der Waals surface area contributed by atoms with E-state index >= 15 is 0 Å². The van der Waals surface area contributed by atoms with Crippen molar-refractivity contribution < 1.29 is 13.9 Å². The minimum atomic E-state index is -0.999. The van der Waals surface area contributed by atoms with E-state index < -0.39 is 5.60 Å². The number of pyridine rings is 1. The van der Waals surface area contributed by atoms with Crippen molar-refractivity contribution in [2.45, 2.75) is 37.8 Å². The van der Waals surface area contributed by atoms with Crippen molar-refractivity contribution in [3.05, 3.63) is 71.5 Å². The average Bonchev–Trinajstić information content (AvgIpc) is 3.79. The monoisotopic (exact) mass is 455 g/mol. The van der Waals surface area contributed by atoms with E-state index in [0.717, 1.165) is 42.2 Å². The summed E-state index contributed by atoms with van der Waals surface area (Å²) in [5.74, 6) is 0.387. The number of anilines is 1. The molecule has 0 amide bonds. The van der Waals surface area contributed by atoms with Gasteiger partial charge in [0.15, 0.2) is 0 Å². The molecule has 4 aromatic rings. The maximum absolute atomic E-state index is 13.8. The van der Waals surface area contributed by atoms with E-state index in [9.17, 15) is 14.8 Å². The minimum absolute atomic E-state index is 0.210. The van der Waals surface area contributed by atoms with Crippen LogP contribution < -0.4 is 5.32 Å². The number of nitriles is 1. The maximum atomic E-state index is 13.8. The number of halogens is 1. The van der Waals surface area contributed by atoms with Crippen LogP contribution in [-0.2, 0) is 12.1 Å². The van der Waals surface area contributed by atoms with E-state index in [1.165, 1.54) is 12.1 Å². The van der Waals surface area contributed by atoms with Gasteiger partial charge < -0.3 is 14.8 Å². The van der Waals surface area contributed by atoms with E-state index in [1.807, 2.05) is 24.3 Å². The van der Waals surface area contributed by atoms with E-state index in [0.29, 0.717) is 23.5 Å². The third-order valence-corrected chi connectivity index (χ3v) is 6.74. The van der Waals surface area contributed by atoms with Crippen LogP contribution in [0.25, 0.3) is 22.0 Å². The second kappa shape index (κ2) is 7.89. The van der Waals surface area contributed by atoms with Gasteiger partial charge in [0.05, 0.1) is 5.52 Å². The summed E-state index contributed by atoms with van der Waals surface area (Å²) in [6, 6.07) is 16.1. The van der Waals surface area contributed by atoms with Crippen LogP contribution >= 0.6 is 0 Å². The van der Waals surface area contributed by atoms with Crippen LogP contribution in [0.3, 0.4) is 0 Å². The molecule has 2 aliphatic rings. The highest BCUT2D eigenvalue weighted by Crippen LogP contribution is 2.57. The smallest absolute Gasteiger partial charge is 0.315 e. The summed E-state index contributed by atoms with van der Waals surface area (Å²) in [5.41, 5.74) is 2.24. The van der Waals surface area contributed by atoms with Crippen molar-refractivity contribution in [1.82, 2.24) is 15.2 Å². The second-order valence-corrected chi connectivity index (χ2v) is 9.17. The molecule has 34 heavy (non-hydrogen) atoms. The van der Waals surface area contributed by atoms with Crippen molar-refractivity contribution in [3.8, 4) is 17.2 Å². The van der Waals surface area contributed by atoms with Crippen molar-refractivity contribution in [1.29, 1.82) is 5.26 Å². The minimum Gasteiger partial charge on any atom is -0.405 e. The van der Waals surface area contributed by atoms with E-state index in [4.69, 9.17) is 4.42 Å². The molecule has 2 N–H and O–H groups in total. The van der Waals surface area contributed by atoms with Gasteiger partial charge in [-0.15, -0.1) is 5.10 Å². The van der Waals surface area contributed by atoms with Crippen molar-refractivity contribution >= 4 is 16.9 Å². The molecule has 0 atom stereocenters. The average molecular weight is 455 g/mol. The number of fused-ring (bicyclic) bond motifs is 1. The van der Waals surface area contributed by atoms with Gasteiger partial charge in [0.1, 0.15) is 23.2 Å². The summed E-state index contributed by atoms with van der Waals surface area (Å²) in [5, 5.41) is 32.8. The van der Waals surface area contributed by atoms with E-state index in [2.05, 4.69) is 26.6 Å². The molecule has 2 aliphatic carbocycles. The van der Waals surface area contributed by atoms with Crippen LogP contribution in [0.5, 0.6) is 0 Å². The molecule has 0 spiro atoms. The summed E-state index contributed by atoms with van der Waals surface area (Å²) >= 11 is 0. The SMILES string of the molecule is N#Cc1cc(-c2cccc(F)c2)c2ccc(CNc3nnc(C(O)(C4CC4)C4CC4)o3)cc2n1. The Bertz CT molecular complexity index is 1420. The molecule has 2 aromatic heterocycles. The molecule has 2 aromatic carbocycles. The number of aliphatic hydroxyl groups is 1. The third kappa shape index (κ3) is 3.68. The molecule has 8 heteroatoms. The topological polar surface area (TPSA) is 108 Å². The molecule has 0 unspecified atom stereocenters. The highest BCUT2D eigenvalue weighted by Gasteiger charge is 2.57. The molecule has 7 nitrogen and oxygen atoms in total. The van der Waals surface area contributed by atoms with Crippen LogP contribution in [0, 0.1) is 29.0 Å². The highest BCUT2D eigenvalue weighted by molar-refractivity contribution is 5.95. The Kier molecular flexibility index (Phi) is 4.82. The first-order valence-corrected chi connectivity index (χ1v) is 11.4. The maximum Gasteiger partial charge on any atom is 0.315 e. The molecule has 0 saturated heterocycles. The molecule has 6 rings (SSSR count). The Morgan fingerprint density at radius 2 is 1.88 bits per heavy atom. The lowest BCUT2D eigenvalue weighted by Crippen LogP contribution is -2.31. The van der Waals surface area contributed by atoms with Gasteiger partial charge >= 0.3 is 6.01 Å². The molecule has 170 valence electrons. The van der Waals surface area contributed by atoms with Gasteiger partial charge in [0, 0.05) is 11.9 Å². The van der Waals surface area contributed by atoms with Crippen LogP contribution in [0.1, 0.15) is 42.8 Å². The lowest BCUT2D eigenvalue weighted by molar-refractivity contribution is -0.0343. The number of hydrogen-bond donors (Lipinski definition) is 2. The summed E-state index contributed by atoms with van der Waals surface area (Å²) < 4.78 is 19.6. The summed E-state index contributed by atoms with van der Waals surface area (Å²) in [7, 11) is 0. The van der Waals surface area contributed by atoms with Gasteiger partial charge in [0.2, 0.25) is 0 Å². The zero-order valence-corrected chi connectivity index (χ0v) is 18.3. The van der Waals surface area contributed by atoms with Gasteiger partial charge in [-0.25, -0.2) is 9.37 Å². The fraction of sp³-hybridized carbons (Fsp3) is 0.308. The summed E-state index contributed by atoms with van der Waals surface area (Å²) in [4.78, 5) is 4.44. The predicted octanol–water partition coefficient (Wildman–Crippen LogP) is 4.92. The Balaban J connectivity index is 1.26. The van der Waals surface area contributed by atoms with Crippen molar-refractivity contribution in [2.75, 3.05) is 5.32 Å². The van der Waals surface area contributed by atoms with Gasteiger partial charge in [-0.2, -0.15) is 5.26 Å². The van der Waals surface area contributed by atoms with Crippen LogP contribution in [-0.4, -0.2) is 20.3 Å². The highest BCUT2D eigenvalue weighted by atomic mass is 19.1. The largest absolute Gasteiger partial charge is 0.405 e. The van der Waals surface area contributed by atoms with E-state index in [1.54, 1.807) is 12.1 Å². The molecule has 0 radical (unpaired) electrons. The number of aromatic nitrogens is 3. The number of benzene rings is 2. The second-order valence-electron chi connectivity index (χ2n) is 9.17. The van der Waals surface area contributed by atoms with Gasteiger partial charge in [-0.05, 0) is 78.5 Å². The number of nitrogens with one attached hydrogen (secondary N) is 1.